The summed E-state index contributed by atoms with van der Waals surface area (Å²) in [5.74, 6) is 0.238. The third-order valence-corrected chi connectivity index (χ3v) is 6.06. The van der Waals surface area contributed by atoms with E-state index in [9.17, 15) is 4.79 Å². The molecule has 0 bridgehead atoms. The van der Waals surface area contributed by atoms with Gasteiger partial charge in [-0.05, 0) is 43.2 Å². The maximum absolute atomic E-state index is 12.9. The summed E-state index contributed by atoms with van der Waals surface area (Å²) < 4.78 is 6.30. The smallest absolute Gasteiger partial charge is 0.225 e. The van der Waals surface area contributed by atoms with Crippen LogP contribution in [-0.4, -0.2) is 35.5 Å². The molecule has 4 nitrogen and oxygen atoms in total. The second-order valence-electron chi connectivity index (χ2n) is 7.38. The highest BCUT2D eigenvalue weighted by Crippen LogP contribution is 2.42. The fourth-order valence-corrected chi connectivity index (χ4v) is 4.56. The average Bonchev–Trinajstić information content (AvgIpc) is 3.30. The first-order valence-electron chi connectivity index (χ1n) is 9.73. The number of fused-ring (bicyclic) bond motifs is 3. The second-order valence-corrected chi connectivity index (χ2v) is 7.38. The standard InChI is InChI=1S/C21H28N2O2/c1-3-15-8-7-9-16-17-10-13-25-21(4-2,20(17)22-19(15)16)14-18(24)23-11-5-6-12-23/h7-9,22H,3-6,10-14H2,1-2H3. The number of nitrogens with zero attached hydrogens (tertiary/aromatic N) is 1. The molecule has 0 aliphatic carbocycles. The molecule has 1 atom stereocenters. The largest absolute Gasteiger partial charge is 0.368 e. The molecule has 4 heteroatoms. The zero-order chi connectivity index (χ0) is 17.4. The van der Waals surface area contributed by atoms with Gasteiger partial charge in [-0.15, -0.1) is 0 Å². The second kappa shape index (κ2) is 6.49. The number of aryl methyl sites for hydroxylation is 1. The number of carbonyl (C=O) groups excluding carboxylic acids is 1. The minimum absolute atomic E-state index is 0.238. The van der Waals surface area contributed by atoms with E-state index >= 15 is 0 Å². The van der Waals surface area contributed by atoms with Crippen molar-refractivity contribution in [1.29, 1.82) is 0 Å². The molecule has 1 aromatic carbocycles. The number of amides is 1. The number of nitrogens with one attached hydrogen (secondary N) is 1. The lowest BCUT2D eigenvalue weighted by Gasteiger charge is -2.37. The molecule has 2 aromatic rings. The highest BCUT2D eigenvalue weighted by molar-refractivity contribution is 5.88. The topological polar surface area (TPSA) is 45.3 Å². The summed E-state index contributed by atoms with van der Waals surface area (Å²) in [7, 11) is 0. The summed E-state index contributed by atoms with van der Waals surface area (Å²) in [5, 5.41) is 1.31. The van der Waals surface area contributed by atoms with Crippen molar-refractivity contribution in [2.24, 2.45) is 0 Å². The molecular weight excluding hydrogens is 312 g/mol. The van der Waals surface area contributed by atoms with Gasteiger partial charge in [0, 0.05) is 24.0 Å². The van der Waals surface area contributed by atoms with Gasteiger partial charge >= 0.3 is 0 Å². The first kappa shape index (κ1) is 16.6. The number of hydrogen-bond acceptors (Lipinski definition) is 2. The first-order valence-corrected chi connectivity index (χ1v) is 9.73. The van der Waals surface area contributed by atoms with Crippen LogP contribution in [0.4, 0.5) is 0 Å². The van der Waals surface area contributed by atoms with E-state index in [1.165, 1.54) is 22.0 Å². The van der Waals surface area contributed by atoms with Crippen molar-refractivity contribution in [3.05, 3.63) is 35.0 Å². The molecule has 25 heavy (non-hydrogen) atoms. The number of carbonyl (C=O) groups is 1. The molecule has 2 aliphatic rings. The lowest BCUT2D eigenvalue weighted by Crippen LogP contribution is -2.41. The zero-order valence-corrected chi connectivity index (χ0v) is 15.4. The van der Waals surface area contributed by atoms with Crippen molar-refractivity contribution in [2.45, 2.75) is 58.0 Å². The molecule has 1 N–H and O–H groups in total. The van der Waals surface area contributed by atoms with E-state index in [1.807, 2.05) is 4.90 Å². The predicted molar refractivity (Wildman–Crippen MR) is 99.7 cm³/mol. The van der Waals surface area contributed by atoms with Crippen LogP contribution < -0.4 is 0 Å². The average molecular weight is 340 g/mol. The number of rotatable bonds is 4. The Balaban J connectivity index is 1.77. The van der Waals surface area contributed by atoms with Crippen molar-refractivity contribution >= 4 is 16.8 Å². The quantitative estimate of drug-likeness (QED) is 0.917. The van der Waals surface area contributed by atoms with Gasteiger partial charge in [0.15, 0.2) is 0 Å². The summed E-state index contributed by atoms with van der Waals surface area (Å²) in [6, 6.07) is 6.54. The number of H-pyrrole nitrogens is 1. The van der Waals surface area contributed by atoms with Gasteiger partial charge in [0.25, 0.3) is 0 Å². The van der Waals surface area contributed by atoms with Crippen molar-refractivity contribution in [3.63, 3.8) is 0 Å². The Morgan fingerprint density at radius 3 is 2.80 bits per heavy atom. The maximum Gasteiger partial charge on any atom is 0.225 e. The van der Waals surface area contributed by atoms with Gasteiger partial charge in [-0.3, -0.25) is 4.79 Å². The molecule has 0 saturated carbocycles. The minimum Gasteiger partial charge on any atom is -0.368 e. The number of benzene rings is 1. The molecule has 0 radical (unpaired) electrons. The monoisotopic (exact) mass is 340 g/mol. The lowest BCUT2D eigenvalue weighted by molar-refractivity contribution is -0.141. The molecule has 0 spiro atoms. The Bertz CT molecular complexity index is 789. The zero-order valence-electron chi connectivity index (χ0n) is 15.4. The van der Waals surface area contributed by atoms with Crippen molar-refractivity contribution in [2.75, 3.05) is 19.7 Å². The Morgan fingerprint density at radius 1 is 1.28 bits per heavy atom. The first-order chi connectivity index (χ1) is 12.2. The molecule has 1 aromatic heterocycles. The third kappa shape index (κ3) is 2.67. The Hall–Kier alpha value is -1.81. The van der Waals surface area contributed by atoms with Crippen molar-refractivity contribution < 1.29 is 9.53 Å². The lowest BCUT2D eigenvalue weighted by atomic mass is 9.85. The Kier molecular flexibility index (Phi) is 4.32. The van der Waals surface area contributed by atoms with E-state index in [-0.39, 0.29) is 5.91 Å². The third-order valence-electron chi connectivity index (χ3n) is 6.06. The molecule has 134 valence electrons. The summed E-state index contributed by atoms with van der Waals surface area (Å²) in [6.45, 7) is 6.82. The van der Waals surface area contributed by atoms with Crippen LogP contribution in [0.3, 0.4) is 0 Å². The van der Waals surface area contributed by atoms with Crippen molar-refractivity contribution in [1.82, 2.24) is 9.88 Å². The van der Waals surface area contributed by atoms with Gasteiger partial charge < -0.3 is 14.6 Å². The predicted octanol–water partition coefficient (Wildman–Crippen LogP) is 3.92. The molecule has 3 heterocycles. The Labute approximate surface area is 149 Å². The van der Waals surface area contributed by atoms with Crippen molar-refractivity contribution in [3.8, 4) is 0 Å². The highest BCUT2D eigenvalue weighted by Gasteiger charge is 2.42. The van der Waals surface area contributed by atoms with Crippen LogP contribution in [0.5, 0.6) is 0 Å². The summed E-state index contributed by atoms with van der Waals surface area (Å²) in [5.41, 5.74) is 4.56. The van der Waals surface area contributed by atoms with Crippen LogP contribution in [0, 0.1) is 0 Å². The van der Waals surface area contributed by atoms with Crippen LogP contribution in [0.25, 0.3) is 10.9 Å². The molecule has 1 saturated heterocycles. The normalized spacial score (nSPS) is 23.2. The van der Waals surface area contributed by atoms with E-state index in [2.05, 4.69) is 37.0 Å². The van der Waals surface area contributed by atoms with Gasteiger partial charge in [-0.25, -0.2) is 0 Å². The summed E-state index contributed by atoms with van der Waals surface area (Å²) >= 11 is 0. The van der Waals surface area contributed by atoms with Crippen LogP contribution in [-0.2, 0) is 28.0 Å². The van der Waals surface area contributed by atoms with Gasteiger partial charge in [0.1, 0.15) is 5.60 Å². The van der Waals surface area contributed by atoms with E-state index in [4.69, 9.17) is 4.74 Å². The molecular formula is C21H28N2O2. The van der Waals surface area contributed by atoms with Crippen LogP contribution in [0.2, 0.25) is 0 Å². The number of hydrogen-bond donors (Lipinski definition) is 1. The molecule has 1 amide bonds. The van der Waals surface area contributed by atoms with E-state index in [0.29, 0.717) is 13.0 Å². The molecule has 4 rings (SSSR count). The number of ether oxygens (including phenoxy) is 1. The summed E-state index contributed by atoms with van der Waals surface area (Å²) in [6.07, 6.45) is 5.44. The van der Waals surface area contributed by atoms with Gasteiger partial charge in [-0.1, -0.05) is 32.0 Å². The molecule has 2 aliphatic heterocycles. The SMILES string of the molecule is CCc1cccc2c3c([nH]c12)C(CC)(CC(=O)N1CCCC1)OCC3. The number of para-hydroxylation sites is 1. The van der Waals surface area contributed by atoms with Crippen LogP contribution in [0.1, 0.15) is 56.4 Å². The van der Waals surface area contributed by atoms with Gasteiger partial charge in [0.2, 0.25) is 5.91 Å². The van der Waals surface area contributed by atoms with Crippen LogP contribution in [0.15, 0.2) is 18.2 Å². The van der Waals surface area contributed by atoms with Gasteiger partial charge in [0.05, 0.1) is 18.7 Å². The van der Waals surface area contributed by atoms with Crippen LogP contribution >= 0.6 is 0 Å². The van der Waals surface area contributed by atoms with E-state index in [0.717, 1.165) is 50.9 Å². The summed E-state index contributed by atoms with van der Waals surface area (Å²) in [4.78, 5) is 18.5. The molecule has 1 fully saturated rings. The number of aromatic amines is 1. The fraction of sp³-hybridized carbons (Fsp3) is 0.571. The number of aromatic nitrogens is 1. The van der Waals surface area contributed by atoms with Gasteiger partial charge in [-0.2, -0.15) is 0 Å². The van der Waals surface area contributed by atoms with E-state index in [1.54, 1.807) is 0 Å². The molecule has 1 unspecified atom stereocenters. The fourth-order valence-electron chi connectivity index (χ4n) is 4.56. The maximum atomic E-state index is 12.9. The Morgan fingerprint density at radius 2 is 2.08 bits per heavy atom. The van der Waals surface area contributed by atoms with E-state index < -0.39 is 5.60 Å². The minimum atomic E-state index is -0.503. The number of likely N-dealkylation sites (tertiary alicyclic amines) is 1. The highest BCUT2D eigenvalue weighted by atomic mass is 16.5.